The SMILES string of the molecule is COc1ccc(Cl)cc1CC(O)CSc1ccc(Cl)cc1. The van der Waals surface area contributed by atoms with Crippen LogP contribution in [0.5, 0.6) is 5.75 Å². The van der Waals surface area contributed by atoms with Gasteiger partial charge in [0.05, 0.1) is 13.2 Å². The van der Waals surface area contributed by atoms with Gasteiger partial charge in [0.2, 0.25) is 0 Å². The first-order valence-corrected chi connectivity index (χ1v) is 8.21. The second kappa shape index (κ2) is 7.95. The van der Waals surface area contributed by atoms with Crippen LogP contribution in [0.3, 0.4) is 0 Å². The average Bonchev–Trinajstić information content (AvgIpc) is 2.47. The van der Waals surface area contributed by atoms with Crippen molar-refractivity contribution in [3.63, 3.8) is 0 Å². The molecule has 21 heavy (non-hydrogen) atoms. The zero-order valence-corrected chi connectivity index (χ0v) is 13.9. The molecule has 1 N–H and O–H groups in total. The summed E-state index contributed by atoms with van der Waals surface area (Å²) in [4.78, 5) is 1.08. The van der Waals surface area contributed by atoms with Crippen LogP contribution < -0.4 is 4.74 Å². The number of hydrogen-bond donors (Lipinski definition) is 1. The topological polar surface area (TPSA) is 29.5 Å². The van der Waals surface area contributed by atoms with Crippen LogP contribution in [-0.4, -0.2) is 24.1 Å². The first kappa shape index (κ1) is 16.5. The zero-order chi connectivity index (χ0) is 15.2. The molecular formula is C16H16Cl2O2S. The molecule has 0 spiro atoms. The number of halogens is 2. The predicted octanol–water partition coefficient (Wildman–Crippen LogP) is 4.70. The van der Waals surface area contributed by atoms with E-state index in [1.807, 2.05) is 36.4 Å². The van der Waals surface area contributed by atoms with Gasteiger partial charge in [-0.15, -0.1) is 11.8 Å². The Bertz CT molecular complexity index is 587. The monoisotopic (exact) mass is 342 g/mol. The zero-order valence-electron chi connectivity index (χ0n) is 11.6. The molecular weight excluding hydrogens is 327 g/mol. The van der Waals surface area contributed by atoms with E-state index in [1.54, 1.807) is 24.9 Å². The molecule has 2 aromatic rings. The van der Waals surface area contributed by atoms with Crippen molar-refractivity contribution >= 4 is 35.0 Å². The highest BCUT2D eigenvalue weighted by molar-refractivity contribution is 7.99. The first-order valence-electron chi connectivity index (χ1n) is 6.47. The van der Waals surface area contributed by atoms with Gasteiger partial charge in [0.15, 0.2) is 0 Å². The second-order valence-electron chi connectivity index (χ2n) is 4.58. The predicted molar refractivity (Wildman–Crippen MR) is 89.9 cm³/mol. The Hall–Kier alpha value is -0.870. The van der Waals surface area contributed by atoms with Crippen LogP contribution in [0.4, 0.5) is 0 Å². The normalized spacial score (nSPS) is 12.2. The standard InChI is InChI=1S/C16H16Cl2O2S/c1-20-16-7-4-13(18)8-11(16)9-14(19)10-21-15-5-2-12(17)3-6-15/h2-8,14,19H,9-10H2,1H3. The molecule has 0 aliphatic heterocycles. The summed E-state index contributed by atoms with van der Waals surface area (Å²) in [5.41, 5.74) is 0.911. The molecule has 112 valence electrons. The highest BCUT2D eigenvalue weighted by Gasteiger charge is 2.11. The van der Waals surface area contributed by atoms with E-state index in [4.69, 9.17) is 27.9 Å². The fourth-order valence-electron chi connectivity index (χ4n) is 1.94. The minimum absolute atomic E-state index is 0.474. The molecule has 0 aliphatic rings. The summed E-state index contributed by atoms with van der Waals surface area (Å²) in [6.07, 6.45) is 0.0303. The van der Waals surface area contributed by atoms with Gasteiger partial charge in [-0.3, -0.25) is 0 Å². The largest absolute Gasteiger partial charge is 0.496 e. The summed E-state index contributed by atoms with van der Waals surface area (Å²) < 4.78 is 5.29. The van der Waals surface area contributed by atoms with E-state index in [1.165, 1.54) is 0 Å². The van der Waals surface area contributed by atoms with Gasteiger partial charge >= 0.3 is 0 Å². The average molecular weight is 343 g/mol. The van der Waals surface area contributed by atoms with Crippen LogP contribution in [0.15, 0.2) is 47.4 Å². The molecule has 2 rings (SSSR count). The van der Waals surface area contributed by atoms with Gasteiger partial charge in [0, 0.05) is 27.1 Å². The Morgan fingerprint density at radius 2 is 1.76 bits per heavy atom. The first-order chi connectivity index (χ1) is 10.1. The lowest BCUT2D eigenvalue weighted by Gasteiger charge is -2.13. The molecule has 0 amide bonds. The van der Waals surface area contributed by atoms with Crippen LogP contribution in [0.1, 0.15) is 5.56 Å². The third-order valence-electron chi connectivity index (χ3n) is 2.95. The summed E-state index contributed by atoms with van der Waals surface area (Å²) >= 11 is 13.4. The lowest BCUT2D eigenvalue weighted by molar-refractivity contribution is 0.199. The Kier molecular flexibility index (Phi) is 6.24. The highest BCUT2D eigenvalue weighted by atomic mass is 35.5. The minimum atomic E-state index is -0.474. The number of aliphatic hydroxyl groups excluding tert-OH is 1. The van der Waals surface area contributed by atoms with Crippen molar-refractivity contribution < 1.29 is 9.84 Å². The summed E-state index contributed by atoms with van der Waals surface area (Å²) in [6, 6.07) is 13.0. The molecule has 0 saturated heterocycles. The Morgan fingerprint density at radius 3 is 2.43 bits per heavy atom. The Labute approximate surface area is 139 Å². The highest BCUT2D eigenvalue weighted by Crippen LogP contribution is 2.26. The Morgan fingerprint density at radius 1 is 1.10 bits per heavy atom. The molecule has 5 heteroatoms. The number of benzene rings is 2. The molecule has 1 atom stereocenters. The third-order valence-corrected chi connectivity index (χ3v) is 4.60. The van der Waals surface area contributed by atoms with Crippen molar-refractivity contribution in [2.75, 3.05) is 12.9 Å². The number of thioether (sulfide) groups is 1. The van der Waals surface area contributed by atoms with Crippen molar-refractivity contribution in [3.05, 3.63) is 58.1 Å². The van der Waals surface area contributed by atoms with E-state index >= 15 is 0 Å². The van der Waals surface area contributed by atoms with E-state index in [-0.39, 0.29) is 0 Å². The van der Waals surface area contributed by atoms with E-state index < -0.39 is 6.10 Å². The van der Waals surface area contributed by atoms with Gasteiger partial charge < -0.3 is 9.84 Å². The van der Waals surface area contributed by atoms with Crippen molar-refractivity contribution in [1.29, 1.82) is 0 Å². The maximum Gasteiger partial charge on any atom is 0.122 e. The summed E-state index contributed by atoms with van der Waals surface area (Å²) in [5.74, 6) is 1.34. The summed E-state index contributed by atoms with van der Waals surface area (Å²) in [5, 5.41) is 11.5. The molecule has 0 aliphatic carbocycles. The smallest absolute Gasteiger partial charge is 0.122 e. The van der Waals surface area contributed by atoms with Gasteiger partial charge in [-0.2, -0.15) is 0 Å². The van der Waals surface area contributed by atoms with E-state index in [0.29, 0.717) is 22.2 Å². The molecule has 0 aromatic heterocycles. The third kappa shape index (κ3) is 5.11. The fraction of sp³-hybridized carbons (Fsp3) is 0.250. The molecule has 2 aromatic carbocycles. The number of rotatable bonds is 6. The van der Waals surface area contributed by atoms with Crippen LogP contribution in [0.2, 0.25) is 10.0 Å². The van der Waals surface area contributed by atoms with E-state index in [0.717, 1.165) is 16.2 Å². The number of hydrogen-bond acceptors (Lipinski definition) is 3. The lowest BCUT2D eigenvalue weighted by Crippen LogP contribution is -2.14. The fourth-order valence-corrected chi connectivity index (χ4v) is 3.09. The van der Waals surface area contributed by atoms with Crippen LogP contribution >= 0.6 is 35.0 Å². The van der Waals surface area contributed by atoms with Gasteiger partial charge in [-0.05, 0) is 48.0 Å². The second-order valence-corrected chi connectivity index (χ2v) is 6.55. The molecule has 1 unspecified atom stereocenters. The van der Waals surface area contributed by atoms with Crippen molar-refractivity contribution in [3.8, 4) is 5.75 Å². The van der Waals surface area contributed by atoms with Crippen molar-refractivity contribution in [2.24, 2.45) is 0 Å². The lowest BCUT2D eigenvalue weighted by atomic mass is 10.1. The van der Waals surface area contributed by atoms with Crippen LogP contribution in [-0.2, 0) is 6.42 Å². The maximum atomic E-state index is 10.2. The molecule has 0 heterocycles. The van der Waals surface area contributed by atoms with Gasteiger partial charge in [-0.1, -0.05) is 23.2 Å². The van der Waals surface area contributed by atoms with Crippen molar-refractivity contribution in [2.45, 2.75) is 17.4 Å². The number of ether oxygens (including phenoxy) is 1. The molecule has 0 saturated carbocycles. The number of methoxy groups -OCH3 is 1. The van der Waals surface area contributed by atoms with E-state index in [9.17, 15) is 5.11 Å². The maximum absolute atomic E-state index is 10.2. The minimum Gasteiger partial charge on any atom is -0.496 e. The van der Waals surface area contributed by atoms with Gasteiger partial charge in [-0.25, -0.2) is 0 Å². The molecule has 0 fully saturated rings. The van der Waals surface area contributed by atoms with Crippen molar-refractivity contribution in [1.82, 2.24) is 0 Å². The molecule has 2 nitrogen and oxygen atoms in total. The van der Waals surface area contributed by atoms with Crippen LogP contribution in [0, 0.1) is 0 Å². The number of aliphatic hydroxyl groups is 1. The summed E-state index contributed by atoms with van der Waals surface area (Å²) in [7, 11) is 1.61. The molecule has 0 radical (unpaired) electrons. The Balaban J connectivity index is 1.94. The summed E-state index contributed by atoms with van der Waals surface area (Å²) in [6.45, 7) is 0. The van der Waals surface area contributed by atoms with Crippen LogP contribution in [0.25, 0.3) is 0 Å². The van der Waals surface area contributed by atoms with Gasteiger partial charge in [0.25, 0.3) is 0 Å². The molecule has 0 bridgehead atoms. The van der Waals surface area contributed by atoms with E-state index in [2.05, 4.69) is 0 Å². The quantitative estimate of drug-likeness (QED) is 0.771. The van der Waals surface area contributed by atoms with Gasteiger partial charge in [0.1, 0.15) is 5.75 Å².